The van der Waals surface area contributed by atoms with Crippen molar-refractivity contribution in [3.63, 3.8) is 0 Å². The first-order chi connectivity index (χ1) is 19.3. The van der Waals surface area contributed by atoms with Crippen molar-refractivity contribution in [2.75, 3.05) is 46.6 Å². The molecule has 9 nitrogen and oxygen atoms in total. The SMILES string of the molecule is COc1ccc(C[C@H](NC(=O)[C@H](C)CC(=O)CN2CCOCC2)C(=O)C[C@@H](CC2CCCC2)C(=O)[C@H]2CO2)cc1. The van der Waals surface area contributed by atoms with Crippen molar-refractivity contribution in [3.8, 4) is 5.75 Å². The summed E-state index contributed by atoms with van der Waals surface area (Å²) in [5.41, 5.74) is 0.875. The third-order valence-corrected chi connectivity index (χ3v) is 8.38. The molecule has 0 bridgehead atoms. The summed E-state index contributed by atoms with van der Waals surface area (Å²) in [6.45, 7) is 5.07. The zero-order chi connectivity index (χ0) is 28.5. The Morgan fingerprint density at radius 1 is 1.05 bits per heavy atom. The fourth-order valence-corrected chi connectivity index (χ4v) is 5.87. The minimum Gasteiger partial charge on any atom is -0.497 e. The van der Waals surface area contributed by atoms with Crippen molar-refractivity contribution in [1.82, 2.24) is 10.2 Å². The van der Waals surface area contributed by atoms with Crippen LogP contribution in [0, 0.1) is 17.8 Å². The molecule has 220 valence electrons. The van der Waals surface area contributed by atoms with Gasteiger partial charge in [-0.1, -0.05) is 44.7 Å². The van der Waals surface area contributed by atoms with Crippen LogP contribution in [0.25, 0.3) is 0 Å². The first-order valence-corrected chi connectivity index (χ1v) is 14.8. The van der Waals surface area contributed by atoms with Crippen LogP contribution in [0.4, 0.5) is 0 Å². The molecule has 2 saturated heterocycles. The molecule has 4 atom stereocenters. The zero-order valence-electron chi connectivity index (χ0n) is 23.9. The average Bonchev–Trinajstić information content (AvgIpc) is 3.68. The molecule has 1 amide bonds. The maximum absolute atomic E-state index is 13.7. The lowest BCUT2D eigenvalue weighted by atomic mass is 9.83. The van der Waals surface area contributed by atoms with Gasteiger partial charge < -0.3 is 19.5 Å². The third kappa shape index (κ3) is 9.21. The second kappa shape index (κ2) is 14.8. The van der Waals surface area contributed by atoms with E-state index in [4.69, 9.17) is 14.2 Å². The molecule has 4 rings (SSSR count). The Morgan fingerprint density at radius 2 is 1.73 bits per heavy atom. The van der Waals surface area contributed by atoms with E-state index in [-0.39, 0.29) is 36.1 Å². The summed E-state index contributed by atoms with van der Waals surface area (Å²) in [7, 11) is 1.59. The number of ether oxygens (including phenoxy) is 3. The number of morpholine rings is 1. The topological polar surface area (TPSA) is 115 Å². The molecule has 1 aromatic rings. The molecule has 40 heavy (non-hydrogen) atoms. The van der Waals surface area contributed by atoms with Crippen LogP contribution in [0.5, 0.6) is 5.75 Å². The number of ketones is 3. The summed E-state index contributed by atoms with van der Waals surface area (Å²) in [5.74, 6) is -0.297. The Labute approximate surface area is 237 Å². The monoisotopic (exact) mass is 556 g/mol. The van der Waals surface area contributed by atoms with Crippen molar-refractivity contribution < 1.29 is 33.4 Å². The lowest BCUT2D eigenvalue weighted by molar-refractivity contribution is -0.134. The number of carbonyl (C=O) groups is 4. The van der Waals surface area contributed by atoms with Crippen LogP contribution < -0.4 is 10.1 Å². The van der Waals surface area contributed by atoms with E-state index in [1.165, 1.54) is 0 Å². The predicted octanol–water partition coefficient (Wildman–Crippen LogP) is 2.77. The second-order valence-corrected chi connectivity index (χ2v) is 11.6. The Balaban J connectivity index is 1.41. The molecule has 1 saturated carbocycles. The first kappa shape index (κ1) is 30.3. The summed E-state index contributed by atoms with van der Waals surface area (Å²) in [6.07, 6.45) is 5.29. The fourth-order valence-electron chi connectivity index (χ4n) is 5.87. The van der Waals surface area contributed by atoms with Gasteiger partial charge in [-0.15, -0.1) is 0 Å². The van der Waals surface area contributed by atoms with Crippen LogP contribution >= 0.6 is 0 Å². The number of amides is 1. The number of rotatable bonds is 16. The van der Waals surface area contributed by atoms with Crippen molar-refractivity contribution in [2.45, 2.75) is 70.4 Å². The summed E-state index contributed by atoms with van der Waals surface area (Å²) in [5, 5.41) is 2.94. The van der Waals surface area contributed by atoms with E-state index in [2.05, 4.69) is 5.32 Å². The minimum absolute atomic E-state index is 0.00533. The molecule has 3 aliphatic rings. The number of carbonyl (C=O) groups excluding carboxylic acids is 4. The van der Waals surface area contributed by atoms with E-state index in [0.717, 1.165) is 31.2 Å². The first-order valence-electron chi connectivity index (χ1n) is 14.8. The van der Waals surface area contributed by atoms with Crippen LogP contribution in [0.1, 0.15) is 57.4 Å². The van der Waals surface area contributed by atoms with E-state index >= 15 is 0 Å². The van der Waals surface area contributed by atoms with E-state index in [1.54, 1.807) is 14.0 Å². The van der Waals surface area contributed by atoms with Gasteiger partial charge >= 0.3 is 0 Å². The quantitative estimate of drug-likeness (QED) is 0.309. The van der Waals surface area contributed by atoms with Gasteiger partial charge in [0, 0.05) is 37.8 Å². The Kier molecular flexibility index (Phi) is 11.3. The Bertz CT molecular complexity index is 1010. The summed E-state index contributed by atoms with van der Waals surface area (Å²) in [6, 6.07) is 6.60. The molecule has 3 fully saturated rings. The van der Waals surface area contributed by atoms with Gasteiger partial charge in [-0.3, -0.25) is 24.1 Å². The molecule has 0 radical (unpaired) electrons. The van der Waals surface area contributed by atoms with Gasteiger partial charge in [0.25, 0.3) is 0 Å². The van der Waals surface area contributed by atoms with E-state index in [9.17, 15) is 19.2 Å². The normalized spacial score (nSPS) is 21.8. The maximum atomic E-state index is 13.7. The smallest absolute Gasteiger partial charge is 0.223 e. The summed E-state index contributed by atoms with van der Waals surface area (Å²) < 4.78 is 15.9. The number of nitrogens with one attached hydrogen (secondary N) is 1. The highest BCUT2D eigenvalue weighted by atomic mass is 16.6. The number of nitrogens with zero attached hydrogens (tertiary/aromatic N) is 1. The maximum Gasteiger partial charge on any atom is 0.223 e. The van der Waals surface area contributed by atoms with Crippen molar-refractivity contribution in [3.05, 3.63) is 29.8 Å². The molecule has 2 heterocycles. The predicted molar refractivity (Wildman–Crippen MR) is 149 cm³/mol. The molecular weight excluding hydrogens is 512 g/mol. The molecule has 1 aromatic carbocycles. The molecule has 0 aromatic heterocycles. The van der Waals surface area contributed by atoms with Gasteiger partial charge in [-0.25, -0.2) is 0 Å². The molecular formula is C31H44N2O7. The van der Waals surface area contributed by atoms with Crippen molar-refractivity contribution >= 4 is 23.3 Å². The highest BCUT2D eigenvalue weighted by Gasteiger charge is 2.39. The highest BCUT2D eigenvalue weighted by Crippen LogP contribution is 2.34. The Morgan fingerprint density at radius 3 is 2.35 bits per heavy atom. The number of benzene rings is 1. The number of methoxy groups -OCH3 is 1. The molecule has 0 unspecified atom stereocenters. The van der Waals surface area contributed by atoms with Crippen LogP contribution in [0.15, 0.2) is 24.3 Å². The summed E-state index contributed by atoms with van der Waals surface area (Å²) >= 11 is 0. The number of Topliss-reactive ketones (excluding diaryl/α,β-unsaturated/α-hetero) is 3. The van der Waals surface area contributed by atoms with Crippen LogP contribution in [0.3, 0.4) is 0 Å². The van der Waals surface area contributed by atoms with Gasteiger partial charge in [-0.2, -0.15) is 0 Å². The average molecular weight is 557 g/mol. The van der Waals surface area contributed by atoms with E-state index in [0.29, 0.717) is 64.0 Å². The fraction of sp³-hybridized carbons (Fsp3) is 0.677. The molecule has 1 N–H and O–H groups in total. The van der Waals surface area contributed by atoms with E-state index < -0.39 is 24.0 Å². The lowest BCUT2D eigenvalue weighted by Crippen LogP contribution is -2.46. The van der Waals surface area contributed by atoms with Crippen molar-refractivity contribution in [1.29, 1.82) is 0 Å². The van der Waals surface area contributed by atoms with Gasteiger partial charge in [0.2, 0.25) is 5.91 Å². The van der Waals surface area contributed by atoms with Gasteiger partial charge in [0.05, 0.1) is 39.5 Å². The van der Waals surface area contributed by atoms with Gasteiger partial charge in [0.15, 0.2) is 11.6 Å². The van der Waals surface area contributed by atoms with Gasteiger partial charge in [-0.05, 0) is 36.5 Å². The number of hydrogen-bond acceptors (Lipinski definition) is 8. The lowest BCUT2D eigenvalue weighted by Gasteiger charge is -2.26. The molecule has 2 aliphatic heterocycles. The van der Waals surface area contributed by atoms with Crippen LogP contribution in [-0.2, 0) is 35.1 Å². The summed E-state index contributed by atoms with van der Waals surface area (Å²) in [4.78, 5) is 54.7. The largest absolute Gasteiger partial charge is 0.497 e. The minimum atomic E-state index is -0.795. The van der Waals surface area contributed by atoms with Crippen LogP contribution in [-0.4, -0.2) is 86.9 Å². The molecule has 1 aliphatic carbocycles. The third-order valence-electron chi connectivity index (χ3n) is 8.38. The Hall–Kier alpha value is -2.62. The van der Waals surface area contributed by atoms with Crippen LogP contribution in [0.2, 0.25) is 0 Å². The standard InChI is InChI=1S/C31H44N2O7/c1-21(15-25(34)19-33-11-13-39-14-12-33)31(37)32-27(17-23-7-9-26(38-2)10-8-23)28(35)18-24(30(36)29-20-40-29)16-22-5-3-4-6-22/h7-10,21-22,24,27,29H,3-6,11-20H2,1-2H3,(H,32,37)/t21-,24-,27+,29-/m1/s1. The van der Waals surface area contributed by atoms with Crippen molar-refractivity contribution in [2.24, 2.45) is 17.8 Å². The zero-order valence-corrected chi connectivity index (χ0v) is 23.9. The second-order valence-electron chi connectivity index (χ2n) is 11.6. The number of epoxide rings is 1. The highest BCUT2D eigenvalue weighted by molar-refractivity contribution is 5.96. The molecule has 9 heteroatoms. The number of hydrogen-bond donors (Lipinski definition) is 1. The van der Waals surface area contributed by atoms with Gasteiger partial charge in [0.1, 0.15) is 17.6 Å². The molecule has 0 spiro atoms. The van der Waals surface area contributed by atoms with E-state index in [1.807, 2.05) is 29.2 Å².